The second-order valence-electron chi connectivity index (χ2n) is 4.83. The van der Waals surface area contributed by atoms with Gasteiger partial charge in [0.1, 0.15) is 0 Å². The fourth-order valence-corrected chi connectivity index (χ4v) is 2.25. The summed E-state index contributed by atoms with van der Waals surface area (Å²) in [5, 5.41) is 3.02. The van der Waals surface area contributed by atoms with Gasteiger partial charge in [0.05, 0.1) is 5.56 Å². The summed E-state index contributed by atoms with van der Waals surface area (Å²) in [5.41, 5.74) is 4.52. The molecule has 4 heteroatoms. The normalized spacial score (nSPS) is 10.2. The Morgan fingerprint density at radius 2 is 2.00 bits per heavy atom. The lowest BCUT2D eigenvalue weighted by Gasteiger charge is -2.21. The van der Waals surface area contributed by atoms with Gasteiger partial charge in [-0.1, -0.05) is 17.7 Å². The SMILES string of the molecule is CNc1ccncc1C(=O)N(C)c1ccc(C)cc1C. The first-order valence-electron chi connectivity index (χ1n) is 6.51. The number of aryl methyl sites for hydroxylation is 2. The average Bonchev–Trinajstić information content (AvgIpc) is 2.45. The molecule has 0 atom stereocenters. The highest BCUT2D eigenvalue weighted by Gasteiger charge is 2.18. The van der Waals surface area contributed by atoms with Gasteiger partial charge in [-0.3, -0.25) is 9.78 Å². The molecule has 0 bridgehead atoms. The molecule has 1 heterocycles. The van der Waals surface area contributed by atoms with Crippen molar-refractivity contribution < 1.29 is 4.79 Å². The zero-order valence-corrected chi connectivity index (χ0v) is 12.3. The average molecular weight is 269 g/mol. The summed E-state index contributed by atoms with van der Waals surface area (Å²) in [6.07, 6.45) is 3.26. The van der Waals surface area contributed by atoms with Crippen LogP contribution in [0, 0.1) is 13.8 Å². The van der Waals surface area contributed by atoms with Crippen molar-refractivity contribution in [3.8, 4) is 0 Å². The van der Waals surface area contributed by atoms with E-state index in [1.807, 2.05) is 26.0 Å². The van der Waals surface area contributed by atoms with Crippen LogP contribution < -0.4 is 10.2 Å². The van der Waals surface area contributed by atoms with E-state index in [1.165, 1.54) is 5.56 Å². The summed E-state index contributed by atoms with van der Waals surface area (Å²) in [6, 6.07) is 7.84. The Kier molecular flexibility index (Phi) is 4.03. The molecule has 1 N–H and O–H groups in total. The number of rotatable bonds is 3. The molecule has 1 aromatic heterocycles. The molecule has 0 fully saturated rings. The molecule has 2 aromatic rings. The van der Waals surface area contributed by atoms with Crippen LogP contribution in [-0.4, -0.2) is 25.0 Å². The van der Waals surface area contributed by atoms with Gasteiger partial charge in [0.25, 0.3) is 5.91 Å². The number of aromatic nitrogens is 1. The number of amides is 1. The lowest BCUT2D eigenvalue weighted by atomic mass is 10.1. The van der Waals surface area contributed by atoms with Crippen molar-refractivity contribution in [2.24, 2.45) is 0 Å². The van der Waals surface area contributed by atoms with Gasteiger partial charge in [0, 0.05) is 37.9 Å². The fraction of sp³-hybridized carbons (Fsp3) is 0.250. The van der Waals surface area contributed by atoms with Crippen molar-refractivity contribution in [2.75, 3.05) is 24.3 Å². The molecular formula is C16H19N3O. The van der Waals surface area contributed by atoms with E-state index in [-0.39, 0.29) is 5.91 Å². The van der Waals surface area contributed by atoms with Gasteiger partial charge < -0.3 is 10.2 Å². The van der Waals surface area contributed by atoms with Crippen LogP contribution in [0.5, 0.6) is 0 Å². The van der Waals surface area contributed by atoms with E-state index in [0.29, 0.717) is 5.56 Å². The number of nitrogens with zero attached hydrogens (tertiary/aromatic N) is 2. The molecule has 0 aliphatic carbocycles. The molecule has 20 heavy (non-hydrogen) atoms. The Morgan fingerprint density at radius 3 is 2.65 bits per heavy atom. The Bertz CT molecular complexity index is 637. The van der Waals surface area contributed by atoms with Gasteiger partial charge in [-0.15, -0.1) is 0 Å². The Hall–Kier alpha value is -2.36. The fourth-order valence-electron chi connectivity index (χ4n) is 2.25. The van der Waals surface area contributed by atoms with Gasteiger partial charge in [-0.05, 0) is 31.5 Å². The largest absolute Gasteiger partial charge is 0.387 e. The molecular weight excluding hydrogens is 250 g/mol. The molecule has 2 rings (SSSR count). The number of carbonyl (C=O) groups excluding carboxylic acids is 1. The van der Waals surface area contributed by atoms with Gasteiger partial charge in [0.15, 0.2) is 0 Å². The first-order chi connectivity index (χ1) is 9.54. The second-order valence-corrected chi connectivity index (χ2v) is 4.83. The van der Waals surface area contributed by atoms with Crippen LogP contribution in [-0.2, 0) is 0 Å². The summed E-state index contributed by atoms with van der Waals surface area (Å²) in [4.78, 5) is 18.3. The minimum Gasteiger partial charge on any atom is -0.387 e. The van der Waals surface area contributed by atoms with Crippen LogP contribution in [0.15, 0.2) is 36.7 Å². The van der Waals surface area contributed by atoms with Gasteiger partial charge in [0.2, 0.25) is 0 Å². The number of nitrogens with one attached hydrogen (secondary N) is 1. The van der Waals surface area contributed by atoms with E-state index in [1.54, 1.807) is 37.5 Å². The van der Waals surface area contributed by atoms with E-state index >= 15 is 0 Å². The molecule has 0 spiro atoms. The molecule has 0 saturated heterocycles. The maximum atomic E-state index is 12.6. The van der Waals surface area contributed by atoms with Crippen LogP contribution in [0.25, 0.3) is 0 Å². The van der Waals surface area contributed by atoms with Gasteiger partial charge >= 0.3 is 0 Å². The molecule has 0 aliphatic heterocycles. The maximum absolute atomic E-state index is 12.6. The predicted molar refractivity (Wildman–Crippen MR) is 82.4 cm³/mol. The summed E-state index contributed by atoms with van der Waals surface area (Å²) in [7, 11) is 3.58. The number of anilines is 2. The first-order valence-corrected chi connectivity index (χ1v) is 6.51. The summed E-state index contributed by atoms with van der Waals surface area (Å²) in [6.45, 7) is 4.05. The van der Waals surface area contributed by atoms with Crippen molar-refractivity contribution in [2.45, 2.75) is 13.8 Å². The number of hydrogen-bond acceptors (Lipinski definition) is 3. The third-order valence-corrected chi connectivity index (χ3v) is 3.34. The molecule has 0 saturated carbocycles. The Labute approximate surface area is 119 Å². The Morgan fingerprint density at radius 1 is 1.25 bits per heavy atom. The topological polar surface area (TPSA) is 45.2 Å². The van der Waals surface area contributed by atoms with E-state index in [0.717, 1.165) is 16.9 Å². The van der Waals surface area contributed by atoms with E-state index in [9.17, 15) is 4.79 Å². The number of benzene rings is 1. The molecule has 4 nitrogen and oxygen atoms in total. The molecule has 104 valence electrons. The molecule has 0 unspecified atom stereocenters. The van der Waals surface area contributed by atoms with Crippen molar-refractivity contribution >= 4 is 17.3 Å². The van der Waals surface area contributed by atoms with Gasteiger partial charge in [-0.2, -0.15) is 0 Å². The van der Waals surface area contributed by atoms with Crippen LogP contribution in [0.3, 0.4) is 0 Å². The standard InChI is InChI=1S/C16H19N3O/c1-11-5-6-15(12(2)9-11)19(4)16(20)13-10-18-8-7-14(13)17-3/h5-10H,1-4H3,(H,17,18). The zero-order valence-electron chi connectivity index (χ0n) is 12.3. The first kappa shape index (κ1) is 14.1. The second kappa shape index (κ2) is 5.74. The molecule has 0 radical (unpaired) electrons. The molecule has 0 aliphatic rings. The summed E-state index contributed by atoms with van der Waals surface area (Å²) < 4.78 is 0. The van der Waals surface area contributed by atoms with Crippen molar-refractivity contribution in [3.63, 3.8) is 0 Å². The third kappa shape index (κ3) is 2.64. The van der Waals surface area contributed by atoms with E-state index in [2.05, 4.69) is 16.4 Å². The Balaban J connectivity index is 2.37. The third-order valence-electron chi connectivity index (χ3n) is 3.34. The monoisotopic (exact) mass is 269 g/mol. The zero-order chi connectivity index (χ0) is 14.7. The van der Waals surface area contributed by atoms with Crippen LogP contribution in [0.2, 0.25) is 0 Å². The van der Waals surface area contributed by atoms with Crippen LogP contribution in [0.4, 0.5) is 11.4 Å². The molecule has 1 amide bonds. The maximum Gasteiger partial charge on any atom is 0.261 e. The number of pyridine rings is 1. The lowest BCUT2D eigenvalue weighted by Crippen LogP contribution is -2.27. The van der Waals surface area contributed by atoms with Crippen molar-refractivity contribution in [1.29, 1.82) is 0 Å². The van der Waals surface area contributed by atoms with E-state index < -0.39 is 0 Å². The van der Waals surface area contributed by atoms with E-state index in [4.69, 9.17) is 0 Å². The number of hydrogen-bond donors (Lipinski definition) is 1. The highest BCUT2D eigenvalue weighted by atomic mass is 16.2. The number of carbonyl (C=O) groups is 1. The van der Waals surface area contributed by atoms with Crippen LogP contribution >= 0.6 is 0 Å². The smallest absolute Gasteiger partial charge is 0.261 e. The van der Waals surface area contributed by atoms with Crippen molar-refractivity contribution in [3.05, 3.63) is 53.3 Å². The minimum absolute atomic E-state index is 0.0746. The quantitative estimate of drug-likeness (QED) is 0.931. The molecule has 1 aromatic carbocycles. The van der Waals surface area contributed by atoms with Crippen LogP contribution in [0.1, 0.15) is 21.5 Å². The summed E-state index contributed by atoms with van der Waals surface area (Å²) >= 11 is 0. The minimum atomic E-state index is -0.0746. The summed E-state index contributed by atoms with van der Waals surface area (Å²) in [5.74, 6) is -0.0746. The predicted octanol–water partition coefficient (Wildman–Crippen LogP) is 3.02. The highest BCUT2D eigenvalue weighted by molar-refractivity contribution is 6.09. The lowest BCUT2D eigenvalue weighted by molar-refractivity contribution is 0.0993. The van der Waals surface area contributed by atoms with Crippen molar-refractivity contribution in [1.82, 2.24) is 4.98 Å². The highest BCUT2D eigenvalue weighted by Crippen LogP contribution is 2.23. The van der Waals surface area contributed by atoms with Gasteiger partial charge in [-0.25, -0.2) is 0 Å².